The minimum atomic E-state index is 0.830. The van der Waals surface area contributed by atoms with E-state index in [0.29, 0.717) is 0 Å². The molecule has 124 valence electrons. The number of nitrogens with zero attached hydrogens (tertiary/aromatic N) is 7. The highest BCUT2D eigenvalue weighted by atomic mass is 32.2. The lowest BCUT2D eigenvalue weighted by molar-refractivity contribution is 0.637. The van der Waals surface area contributed by atoms with Gasteiger partial charge in [0.2, 0.25) is 0 Å². The van der Waals surface area contributed by atoms with E-state index >= 15 is 0 Å². The van der Waals surface area contributed by atoms with Crippen LogP contribution in [0.1, 0.15) is 5.69 Å². The average molecular weight is 341 g/mol. The number of rotatable bonds is 3. The molecule has 1 saturated heterocycles. The molecule has 8 heteroatoms. The van der Waals surface area contributed by atoms with Crippen molar-refractivity contribution >= 4 is 29.0 Å². The van der Waals surface area contributed by atoms with E-state index < -0.39 is 0 Å². The molecular formula is C16H19N7S. The van der Waals surface area contributed by atoms with Crippen molar-refractivity contribution in [2.75, 3.05) is 42.2 Å². The first-order valence-corrected chi connectivity index (χ1v) is 9.14. The first-order valence-electron chi connectivity index (χ1n) is 7.92. The van der Waals surface area contributed by atoms with Crippen molar-refractivity contribution in [2.45, 2.75) is 12.1 Å². The topological polar surface area (TPSA) is 62.5 Å². The lowest BCUT2D eigenvalue weighted by Gasteiger charge is -2.36. The monoisotopic (exact) mass is 341 g/mol. The molecule has 3 aromatic rings. The van der Waals surface area contributed by atoms with Gasteiger partial charge in [-0.2, -0.15) is 0 Å². The molecule has 1 aliphatic heterocycles. The molecule has 0 atom stereocenters. The van der Waals surface area contributed by atoms with Crippen LogP contribution in [0.3, 0.4) is 0 Å². The number of hydrogen-bond donors (Lipinski definition) is 0. The van der Waals surface area contributed by atoms with Gasteiger partial charge >= 0.3 is 0 Å². The molecule has 4 rings (SSSR count). The second-order valence-electron chi connectivity index (χ2n) is 5.74. The number of thioether (sulfide) groups is 1. The van der Waals surface area contributed by atoms with Crippen LogP contribution >= 0.6 is 11.8 Å². The number of anilines is 2. The van der Waals surface area contributed by atoms with Crippen molar-refractivity contribution in [3.63, 3.8) is 0 Å². The van der Waals surface area contributed by atoms with Gasteiger partial charge in [-0.05, 0) is 13.2 Å². The fourth-order valence-corrected chi connectivity index (χ4v) is 3.41. The smallest absolute Gasteiger partial charge is 0.189 e. The molecule has 0 spiro atoms. The predicted molar refractivity (Wildman–Crippen MR) is 96.0 cm³/mol. The van der Waals surface area contributed by atoms with Gasteiger partial charge in [0, 0.05) is 62.7 Å². The molecule has 1 aliphatic rings. The predicted octanol–water partition coefficient (Wildman–Crippen LogP) is 1.88. The van der Waals surface area contributed by atoms with E-state index in [0.717, 1.165) is 54.3 Å². The zero-order chi connectivity index (χ0) is 16.5. The Morgan fingerprint density at radius 1 is 0.958 bits per heavy atom. The van der Waals surface area contributed by atoms with Crippen molar-refractivity contribution in [3.8, 4) is 0 Å². The molecular weight excluding hydrogens is 322 g/mol. The van der Waals surface area contributed by atoms with Gasteiger partial charge in [-0.15, -0.1) is 0 Å². The number of aryl methyl sites for hydroxylation is 1. The number of fused-ring (bicyclic) bond motifs is 1. The molecule has 3 aromatic heterocycles. The van der Waals surface area contributed by atoms with E-state index in [1.807, 2.05) is 42.4 Å². The van der Waals surface area contributed by atoms with Gasteiger partial charge in [0.15, 0.2) is 16.6 Å². The maximum Gasteiger partial charge on any atom is 0.189 e. The lowest BCUT2D eigenvalue weighted by atomic mass is 10.3. The first-order chi connectivity index (χ1) is 11.7. The molecule has 0 bridgehead atoms. The van der Waals surface area contributed by atoms with E-state index in [4.69, 9.17) is 0 Å². The minimum Gasteiger partial charge on any atom is -0.353 e. The van der Waals surface area contributed by atoms with Gasteiger partial charge in [0.05, 0.1) is 0 Å². The Morgan fingerprint density at radius 3 is 2.42 bits per heavy atom. The normalized spacial score (nSPS) is 15.2. The van der Waals surface area contributed by atoms with Crippen molar-refractivity contribution in [1.82, 2.24) is 24.3 Å². The molecule has 0 aromatic carbocycles. The molecule has 0 saturated carbocycles. The van der Waals surface area contributed by atoms with E-state index in [-0.39, 0.29) is 0 Å². The van der Waals surface area contributed by atoms with E-state index in [2.05, 4.69) is 35.8 Å². The van der Waals surface area contributed by atoms with Crippen LogP contribution < -0.4 is 9.80 Å². The summed E-state index contributed by atoms with van der Waals surface area (Å²) in [5.41, 5.74) is 1.92. The fraction of sp³-hybridized carbons (Fsp3) is 0.375. The zero-order valence-electron chi connectivity index (χ0n) is 13.8. The maximum atomic E-state index is 4.64. The van der Waals surface area contributed by atoms with Gasteiger partial charge in [-0.25, -0.2) is 19.9 Å². The summed E-state index contributed by atoms with van der Waals surface area (Å²) in [6.07, 6.45) is 9.52. The van der Waals surface area contributed by atoms with Crippen LogP contribution in [0.2, 0.25) is 0 Å². The third-order valence-corrected chi connectivity index (χ3v) is 4.75. The summed E-state index contributed by atoms with van der Waals surface area (Å²) >= 11 is 1.58. The Kier molecular flexibility index (Phi) is 3.97. The standard InChI is InChI=1S/C16H19N7S/c1-12-11-13(20-16(19-12)24-2)21-7-9-23(10-8-21)15-14-17-3-5-22(14)6-4-18-15/h3-6,11H,7-10H2,1-2H3. The molecule has 7 nitrogen and oxygen atoms in total. The Bertz CT molecular complexity index is 855. The van der Waals surface area contributed by atoms with Gasteiger partial charge in [0.25, 0.3) is 0 Å². The fourth-order valence-electron chi connectivity index (χ4n) is 2.99. The third kappa shape index (κ3) is 2.77. The van der Waals surface area contributed by atoms with Gasteiger partial charge < -0.3 is 14.2 Å². The summed E-state index contributed by atoms with van der Waals surface area (Å²) in [6, 6.07) is 2.06. The van der Waals surface area contributed by atoms with E-state index in [1.165, 1.54) is 0 Å². The SMILES string of the molecule is CSc1nc(C)cc(N2CCN(c3nccn4ccnc34)CC2)n1. The highest BCUT2D eigenvalue weighted by Crippen LogP contribution is 2.22. The molecule has 1 fully saturated rings. The van der Waals surface area contributed by atoms with Crippen molar-refractivity contribution < 1.29 is 0 Å². The highest BCUT2D eigenvalue weighted by Gasteiger charge is 2.21. The van der Waals surface area contributed by atoms with Crippen LogP contribution in [-0.4, -0.2) is 56.8 Å². The average Bonchev–Trinajstić information content (AvgIpc) is 3.10. The zero-order valence-corrected chi connectivity index (χ0v) is 14.6. The Morgan fingerprint density at radius 2 is 1.67 bits per heavy atom. The van der Waals surface area contributed by atoms with Crippen LogP contribution in [-0.2, 0) is 0 Å². The van der Waals surface area contributed by atoms with Crippen molar-refractivity contribution in [1.29, 1.82) is 0 Å². The van der Waals surface area contributed by atoms with Crippen molar-refractivity contribution in [3.05, 3.63) is 36.5 Å². The molecule has 0 radical (unpaired) electrons. The van der Waals surface area contributed by atoms with Crippen LogP contribution in [0.5, 0.6) is 0 Å². The molecule has 4 heterocycles. The van der Waals surface area contributed by atoms with Crippen LogP contribution in [0.25, 0.3) is 5.65 Å². The number of hydrogen-bond acceptors (Lipinski definition) is 7. The summed E-state index contributed by atoms with van der Waals surface area (Å²) < 4.78 is 2.01. The van der Waals surface area contributed by atoms with Gasteiger partial charge in [-0.3, -0.25) is 0 Å². The summed E-state index contributed by atoms with van der Waals surface area (Å²) in [6.45, 7) is 5.64. The van der Waals surface area contributed by atoms with Gasteiger partial charge in [0.1, 0.15) is 5.82 Å². The second-order valence-corrected chi connectivity index (χ2v) is 6.51. The summed E-state index contributed by atoms with van der Waals surface area (Å²) in [7, 11) is 0. The summed E-state index contributed by atoms with van der Waals surface area (Å²) in [5.74, 6) is 1.96. The Hall–Kier alpha value is -2.35. The number of imidazole rings is 1. The molecule has 0 amide bonds. The van der Waals surface area contributed by atoms with Crippen LogP contribution in [0.15, 0.2) is 36.0 Å². The molecule has 0 aliphatic carbocycles. The summed E-state index contributed by atoms with van der Waals surface area (Å²) in [5, 5.41) is 0.830. The quantitative estimate of drug-likeness (QED) is 0.532. The molecule has 0 N–H and O–H groups in total. The van der Waals surface area contributed by atoms with E-state index in [9.17, 15) is 0 Å². The number of piperazine rings is 1. The maximum absolute atomic E-state index is 4.64. The molecule has 0 unspecified atom stereocenters. The Labute approximate surface area is 144 Å². The van der Waals surface area contributed by atoms with Crippen LogP contribution in [0.4, 0.5) is 11.6 Å². The largest absolute Gasteiger partial charge is 0.353 e. The third-order valence-electron chi connectivity index (χ3n) is 4.20. The van der Waals surface area contributed by atoms with Crippen LogP contribution in [0, 0.1) is 6.92 Å². The molecule has 24 heavy (non-hydrogen) atoms. The minimum absolute atomic E-state index is 0.830. The van der Waals surface area contributed by atoms with Crippen molar-refractivity contribution in [2.24, 2.45) is 0 Å². The summed E-state index contributed by atoms with van der Waals surface area (Å²) in [4.78, 5) is 22.6. The Balaban J connectivity index is 1.53. The van der Waals surface area contributed by atoms with E-state index in [1.54, 1.807) is 11.8 Å². The first kappa shape index (κ1) is 15.2. The number of aromatic nitrogens is 5. The van der Waals surface area contributed by atoms with Gasteiger partial charge in [-0.1, -0.05) is 11.8 Å². The second kappa shape index (κ2) is 6.27. The highest BCUT2D eigenvalue weighted by molar-refractivity contribution is 7.98. The lowest BCUT2D eigenvalue weighted by Crippen LogP contribution is -2.47.